The summed E-state index contributed by atoms with van der Waals surface area (Å²) in [6.07, 6.45) is 5.23. The summed E-state index contributed by atoms with van der Waals surface area (Å²) in [4.78, 5) is 2.58. The van der Waals surface area contributed by atoms with Crippen molar-refractivity contribution < 1.29 is 4.74 Å². The number of hydrogen-bond acceptors (Lipinski definition) is 3. The van der Waals surface area contributed by atoms with Crippen molar-refractivity contribution in [2.75, 3.05) is 40.4 Å². The van der Waals surface area contributed by atoms with E-state index in [4.69, 9.17) is 4.74 Å². The minimum atomic E-state index is 0.700. The normalized spacial score (nSPS) is 36.5. The highest BCUT2D eigenvalue weighted by Gasteiger charge is 2.33. The van der Waals surface area contributed by atoms with Gasteiger partial charge in [-0.2, -0.15) is 0 Å². The predicted octanol–water partition coefficient (Wildman–Crippen LogP) is 2.62. The molecule has 0 amide bonds. The number of hydrogen-bond donors (Lipinski definition) is 1. The zero-order valence-corrected chi connectivity index (χ0v) is 13.9. The highest BCUT2D eigenvalue weighted by molar-refractivity contribution is 4.88. The number of rotatable bonds is 5. The molecule has 0 bridgehead atoms. The van der Waals surface area contributed by atoms with Crippen LogP contribution in [0.2, 0.25) is 0 Å². The zero-order valence-electron chi connectivity index (χ0n) is 13.9. The van der Waals surface area contributed by atoms with Gasteiger partial charge in [0.15, 0.2) is 0 Å². The fourth-order valence-electron chi connectivity index (χ4n) is 4.35. The molecule has 0 aromatic rings. The summed E-state index contributed by atoms with van der Waals surface area (Å²) >= 11 is 0. The third-order valence-electron chi connectivity index (χ3n) is 5.48. The molecule has 1 aliphatic heterocycles. The van der Waals surface area contributed by atoms with Crippen LogP contribution in [0.1, 0.15) is 39.5 Å². The summed E-state index contributed by atoms with van der Waals surface area (Å²) in [7, 11) is 4.45. The maximum atomic E-state index is 5.47. The molecular weight excluding hydrogens is 248 g/mol. The van der Waals surface area contributed by atoms with E-state index in [9.17, 15) is 0 Å². The van der Waals surface area contributed by atoms with Gasteiger partial charge in [0.1, 0.15) is 0 Å². The molecular formula is C17H34N2O. The average molecular weight is 282 g/mol. The van der Waals surface area contributed by atoms with Crippen molar-refractivity contribution in [1.29, 1.82) is 0 Å². The first kappa shape index (κ1) is 16.3. The van der Waals surface area contributed by atoms with Crippen LogP contribution >= 0.6 is 0 Å². The molecule has 1 saturated carbocycles. The third kappa shape index (κ3) is 4.44. The Labute approximate surface area is 125 Å². The summed E-state index contributed by atoms with van der Waals surface area (Å²) in [5, 5.41) is 3.58. The van der Waals surface area contributed by atoms with Gasteiger partial charge in [0.25, 0.3) is 0 Å². The van der Waals surface area contributed by atoms with Crippen molar-refractivity contribution in [3.8, 4) is 0 Å². The van der Waals surface area contributed by atoms with Crippen LogP contribution in [0.25, 0.3) is 0 Å². The van der Waals surface area contributed by atoms with Gasteiger partial charge in [0, 0.05) is 32.3 Å². The molecule has 4 unspecified atom stereocenters. The van der Waals surface area contributed by atoms with Crippen LogP contribution in [-0.4, -0.2) is 51.3 Å². The molecule has 0 spiro atoms. The Balaban J connectivity index is 1.83. The predicted molar refractivity (Wildman–Crippen MR) is 84.9 cm³/mol. The van der Waals surface area contributed by atoms with Gasteiger partial charge in [-0.3, -0.25) is 0 Å². The van der Waals surface area contributed by atoms with Crippen molar-refractivity contribution >= 4 is 0 Å². The molecule has 1 aliphatic carbocycles. The highest BCUT2D eigenvalue weighted by atomic mass is 16.5. The Hall–Kier alpha value is -0.120. The Morgan fingerprint density at radius 2 is 1.80 bits per heavy atom. The molecule has 0 aromatic heterocycles. The van der Waals surface area contributed by atoms with Gasteiger partial charge in [-0.1, -0.05) is 13.8 Å². The van der Waals surface area contributed by atoms with Crippen molar-refractivity contribution in [1.82, 2.24) is 10.2 Å². The molecule has 2 rings (SSSR count). The molecule has 1 saturated heterocycles. The van der Waals surface area contributed by atoms with Gasteiger partial charge in [-0.25, -0.2) is 0 Å². The molecule has 2 fully saturated rings. The molecule has 4 atom stereocenters. The van der Waals surface area contributed by atoms with E-state index in [1.54, 1.807) is 0 Å². The second-order valence-electron chi connectivity index (χ2n) is 7.39. The summed E-state index contributed by atoms with van der Waals surface area (Å²) < 4.78 is 5.47. The lowest BCUT2D eigenvalue weighted by atomic mass is 9.72. The first-order valence-electron chi connectivity index (χ1n) is 8.53. The molecule has 1 heterocycles. The van der Waals surface area contributed by atoms with Gasteiger partial charge >= 0.3 is 0 Å². The Morgan fingerprint density at radius 1 is 1.10 bits per heavy atom. The smallest absolute Gasteiger partial charge is 0.0469 e. The van der Waals surface area contributed by atoms with Crippen LogP contribution in [0.5, 0.6) is 0 Å². The van der Waals surface area contributed by atoms with Crippen LogP contribution in [0.3, 0.4) is 0 Å². The van der Waals surface area contributed by atoms with Crippen molar-refractivity contribution in [2.24, 2.45) is 23.7 Å². The summed E-state index contributed by atoms with van der Waals surface area (Å²) in [6.45, 7) is 9.29. The van der Waals surface area contributed by atoms with E-state index in [1.165, 1.54) is 38.8 Å². The summed E-state index contributed by atoms with van der Waals surface area (Å²) in [6, 6.07) is 0.700. The van der Waals surface area contributed by atoms with Crippen molar-refractivity contribution in [3.05, 3.63) is 0 Å². The van der Waals surface area contributed by atoms with Gasteiger partial charge in [0.2, 0.25) is 0 Å². The Bertz CT molecular complexity index is 278. The Kier molecular flexibility index (Phi) is 6.31. The second-order valence-corrected chi connectivity index (χ2v) is 7.39. The number of nitrogens with zero attached hydrogens (tertiary/aromatic N) is 1. The maximum absolute atomic E-state index is 5.47. The quantitative estimate of drug-likeness (QED) is 0.839. The topological polar surface area (TPSA) is 24.5 Å². The van der Waals surface area contributed by atoms with Crippen LogP contribution in [0, 0.1) is 23.7 Å². The first-order chi connectivity index (χ1) is 9.60. The van der Waals surface area contributed by atoms with E-state index in [0.717, 1.165) is 36.9 Å². The van der Waals surface area contributed by atoms with Crippen LogP contribution < -0.4 is 5.32 Å². The molecule has 1 N–H and O–H groups in total. The van der Waals surface area contributed by atoms with E-state index in [0.29, 0.717) is 6.04 Å². The number of ether oxygens (including phenoxy) is 1. The fourth-order valence-corrected chi connectivity index (χ4v) is 4.35. The number of nitrogens with one attached hydrogen (secondary N) is 1. The van der Waals surface area contributed by atoms with Gasteiger partial charge in [-0.15, -0.1) is 0 Å². The highest BCUT2D eigenvalue weighted by Crippen LogP contribution is 2.34. The monoisotopic (exact) mass is 282 g/mol. The maximum Gasteiger partial charge on any atom is 0.0469 e. The molecule has 0 aromatic carbocycles. The molecule has 118 valence electrons. The van der Waals surface area contributed by atoms with Crippen LogP contribution in [0.4, 0.5) is 0 Å². The minimum absolute atomic E-state index is 0.700. The van der Waals surface area contributed by atoms with E-state index >= 15 is 0 Å². The fraction of sp³-hybridized carbons (Fsp3) is 1.00. The largest absolute Gasteiger partial charge is 0.381 e. The lowest BCUT2D eigenvalue weighted by molar-refractivity contribution is 0.0474. The van der Waals surface area contributed by atoms with Gasteiger partial charge in [0.05, 0.1) is 0 Å². The molecule has 20 heavy (non-hydrogen) atoms. The van der Waals surface area contributed by atoms with E-state index in [2.05, 4.69) is 38.2 Å². The lowest BCUT2D eigenvalue weighted by Gasteiger charge is -2.42. The Morgan fingerprint density at radius 3 is 2.45 bits per heavy atom. The molecule has 3 heteroatoms. The van der Waals surface area contributed by atoms with E-state index in [-0.39, 0.29) is 0 Å². The van der Waals surface area contributed by atoms with Crippen molar-refractivity contribution in [3.63, 3.8) is 0 Å². The summed E-state index contributed by atoms with van der Waals surface area (Å²) in [5.41, 5.74) is 0. The first-order valence-corrected chi connectivity index (χ1v) is 8.53. The molecule has 0 radical (unpaired) electrons. The second kappa shape index (κ2) is 7.77. The molecule has 3 nitrogen and oxygen atoms in total. The van der Waals surface area contributed by atoms with Gasteiger partial charge in [-0.05, 0) is 63.5 Å². The summed E-state index contributed by atoms with van der Waals surface area (Å²) in [5.74, 6) is 3.37. The molecule has 2 aliphatic rings. The van der Waals surface area contributed by atoms with Crippen LogP contribution in [-0.2, 0) is 4.74 Å². The SMILES string of the molecule is CNC1CC(C)CC(C)C1CN(C)CC1CCOCC1. The standard InChI is InChI=1S/C17H34N2O/c1-13-9-14(2)16(17(10-13)18-3)12-19(4)11-15-5-7-20-8-6-15/h13-18H,5-12H2,1-4H3. The minimum Gasteiger partial charge on any atom is -0.381 e. The van der Waals surface area contributed by atoms with Crippen molar-refractivity contribution in [2.45, 2.75) is 45.6 Å². The third-order valence-corrected chi connectivity index (χ3v) is 5.48. The van der Waals surface area contributed by atoms with Gasteiger partial charge < -0.3 is 15.0 Å². The zero-order chi connectivity index (χ0) is 14.5. The van der Waals surface area contributed by atoms with E-state index in [1.807, 2.05) is 0 Å². The van der Waals surface area contributed by atoms with Crippen LogP contribution in [0.15, 0.2) is 0 Å². The average Bonchev–Trinajstić information content (AvgIpc) is 2.42. The lowest BCUT2D eigenvalue weighted by Crippen LogP contribution is -2.48. The van der Waals surface area contributed by atoms with E-state index < -0.39 is 0 Å².